The summed E-state index contributed by atoms with van der Waals surface area (Å²) < 4.78 is 0. The topological polar surface area (TPSA) is 26.0 Å². The molecule has 60 valence electrons. The van der Waals surface area contributed by atoms with Crippen LogP contribution < -0.4 is 11.2 Å². The summed E-state index contributed by atoms with van der Waals surface area (Å²) in [5.74, 6) is 0. The molecule has 12 heavy (non-hydrogen) atoms. The second kappa shape index (κ2) is 3.48. The van der Waals surface area contributed by atoms with Crippen molar-refractivity contribution < 1.29 is 0 Å². The highest BCUT2D eigenvalue weighted by Gasteiger charge is 1.97. The van der Waals surface area contributed by atoms with Crippen LogP contribution in [0.4, 0.5) is 5.69 Å². The molecule has 2 heteroatoms. The smallest absolute Gasteiger partial charge is 0.114 e. The maximum absolute atomic E-state index is 5.75. The maximum atomic E-state index is 5.75. The number of anilines is 1. The number of hydrogen-bond acceptors (Lipinski definition) is 1. The summed E-state index contributed by atoms with van der Waals surface area (Å²) in [6.45, 7) is 3.94. The highest BCUT2D eigenvalue weighted by molar-refractivity contribution is 6.33. The van der Waals surface area contributed by atoms with Gasteiger partial charge >= 0.3 is 0 Å². The molecule has 0 fully saturated rings. The Hall–Kier alpha value is -1.18. The lowest BCUT2D eigenvalue weighted by Crippen LogP contribution is -2.09. The summed E-state index contributed by atoms with van der Waals surface area (Å²) in [4.78, 5) is 0. The van der Waals surface area contributed by atoms with Crippen LogP contribution in [0.25, 0.3) is 6.08 Å². The van der Waals surface area contributed by atoms with E-state index in [4.69, 9.17) is 13.6 Å². The van der Waals surface area contributed by atoms with Crippen molar-refractivity contribution >= 4 is 25.1 Å². The van der Waals surface area contributed by atoms with Crippen LogP contribution in [0.5, 0.6) is 0 Å². The first-order valence-electron chi connectivity index (χ1n) is 3.93. The maximum Gasteiger partial charge on any atom is 0.114 e. The highest BCUT2D eigenvalue weighted by atomic mass is 14.6. The minimum Gasteiger partial charge on any atom is -0.398 e. The standard InChI is InChI=1S/C10H12BN/c1-3-4-8-5-7(2)9(11)6-10(8)12/h3-6H,12H2,1-2H3/b4-3+. The molecule has 2 N–H and O–H groups in total. The van der Waals surface area contributed by atoms with Gasteiger partial charge in [0.1, 0.15) is 7.85 Å². The number of rotatable bonds is 1. The largest absolute Gasteiger partial charge is 0.398 e. The first-order valence-corrected chi connectivity index (χ1v) is 3.93. The Morgan fingerprint density at radius 2 is 2.08 bits per heavy atom. The molecule has 1 aromatic carbocycles. The Morgan fingerprint density at radius 3 is 2.67 bits per heavy atom. The first kappa shape index (κ1) is 8.92. The number of allylic oxidation sites excluding steroid dienone is 1. The second-order valence-corrected chi connectivity index (χ2v) is 2.84. The van der Waals surface area contributed by atoms with Crippen LogP contribution in [0.15, 0.2) is 18.2 Å². The number of hydrogen-bond donors (Lipinski definition) is 1. The van der Waals surface area contributed by atoms with Crippen LogP contribution in [0.2, 0.25) is 0 Å². The predicted octanol–water partition coefficient (Wildman–Crippen LogP) is 1.40. The van der Waals surface area contributed by atoms with Gasteiger partial charge in [0.2, 0.25) is 0 Å². The summed E-state index contributed by atoms with van der Waals surface area (Å²) >= 11 is 0. The summed E-state index contributed by atoms with van der Waals surface area (Å²) in [5, 5.41) is 0. The zero-order valence-corrected chi connectivity index (χ0v) is 7.46. The Balaban J connectivity index is 3.23. The Morgan fingerprint density at radius 1 is 1.42 bits per heavy atom. The fraction of sp³-hybridized carbons (Fsp3) is 0.200. The Labute approximate surface area is 74.7 Å². The van der Waals surface area contributed by atoms with Gasteiger partial charge in [0.25, 0.3) is 0 Å². The van der Waals surface area contributed by atoms with Crippen LogP contribution in [0, 0.1) is 6.92 Å². The van der Waals surface area contributed by atoms with Gasteiger partial charge in [-0.3, -0.25) is 0 Å². The summed E-state index contributed by atoms with van der Waals surface area (Å²) in [7, 11) is 5.68. The van der Waals surface area contributed by atoms with Crippen LogP contribution in [0.1, 0.15) is 18.1 Å². The molecule has 0 aliphatic carbocycles. The minimum atomic E-state index is 0.733. The van der Waals surface area contributed by atoms with Crippen LogP contribution in [-0.2, 0) is 0 Å². The van der Waals surface area contributed by atoms with Crippen LogP contribution >= 0.6 is 0 Å². The highest BCUT2D eigenvalue weighted by Crippen LogP contribution is 2.13. The van der Waals surface area contributed by atoms with E-state index in [1.54, 1.807) is 6.07 Å². The molecule has 0 aliphatic rings. The molecule has 0 spiro atoms. The molecule has 2 radical (unpaired) electrons. The van der Waals surface area contributed by atoms with E-state index in [1.165, 1.54) is 0 Å². The van der Waals surface area contributed by atoms with Gasteiger partial charge in [-0.1, -0.05) is 29.2 Å². The van der Waals surface area contributed by atoms with Crippen molar-refractivity contribution in [3.63, 3.8) is 0 Å². The monoisotopic (exact) mass is 157 g/mol. The average Bonchev–Trinajstić information content (AvgIpc) is 2.01. The van der Waals surface area contributed by atoms with Crippen molar-refractivity contribution in [1.82, 2.24) is 0 Å². The lowest BCUT2D eigenvalue weighted by molar-refractivity contribution is 1.50. The zero-order chi connectivity index (χ0) is 9.14. The zero-order valence-electron chi connectivity index (χ0n) is 7.46. The lowest BCUT2D eigenvalue weighted by Gasteiger charge is -2.05. The summed E-state index contributed by atoms with van der Waals surface area (Å²) in [6.07, 6.45) is 3.93. The van der Waals surface area contributed by atoms with Crippen molar-refractivity contribution in [2.45, 2.75) is 13.8 Å². The van der Waals surface area contributed by atoms with Gasteiger partial charge in [0, 0.05) is 5.69 Å². The van der Waals surface area contributed by atoms with Gasteiger partial charge in [-0.25, -0.2) is 0 Å². The van der Waals surface area contributed by atoms with E-state index >= 15 is 0 Å². The van der Waals surface area contributed by atoms with E-state index in [9.17, 15) is 0 Å². The van der Waals surface area contributed by atoms with Crippen molar-refractivity contribution in [2.75, 3.05) is 5.73 Å². The SMILES string of the molecule is [B]c1cc(N)c(/C=C/C)cc1C. The van der Waals surface area contributed by atoms with Gasteiger partial charge in [0.05, 0.1) is 0 Å². The van der Waals surface area contributed by atoms with Gasteiger partial charge < -0.3 is 5.73 Å². The van der Waals surface area contributed by atoms with E-state index < -0.39 is 0 Å². The van der Waals surface area contributed by atoms with Crippen molar-refractivity contribution in [3.8, 4) is 0 Å². The molecule has 0 aromatic heterocycles. The number of nitrogen functional groups attached to an aromatic ring is 1. The van der Waals surface area contributed by atoms with Gasteiger partial charge in [-0.2, -0.15) is 0 Å². The molecule has 0 bridgehead atoms. The van der Waals surface area contributed by atoms with Crippen molar-refractivity contribution in [1.29, 1.82) is 0 Å². The fourth-order valence-electron chi connectivity index (χ4n) is 1.09. The normalized spacial score (nSPS) is 10.8. The third-order valence-corrected chi connectivity index (χ3v) is 1.82. The van der Waals surface area contributed by atoms with E-state index in [-0.39, 0.29) is 0 Å². The van der Waals surface area contributed by atoms with E-state index in [0.717, 1.165) is 22.3 Å². The molecule has 0 heterocycles. The molecular weight excluding hydrogens is 145 g/mol. The lowest BCUT2D eigenvalue weighted by atomic mass is 9.89. The quantitative estimate of drug-likeness (QED) is 0.484. The van der Waals surface area contributed by atoms with Gasteiger partial charge in [0.15, 0.2) is 0 Å². The summed E-state index contributed by atoms with van der Waals surface area (Å²) in [6, 6.07) is 3.79. The molecule has 0 saturated carbocycles. The van der Waals surface area contributed by atoms with Crippen molar-refractivity contribution in [2.24, 2.45) is 0 Å². The second-order valence-electron chi connectivity index (χ2n) is 2.84. The van der Waals surface area contributed by atoms with Crippen LogP contribution in [0.3, 0.4) is 0 Å². The van der Waals surface area contributed by atoms with Gasteiger partial charge in [-0.15, -0.1) is 0 Å². The number of aryl methyl sites for hydroxylation is 1. The molecule has 0 amide bonds. The molecule has 0 saturated heterocycles. The van der Waals surface area contributed by atoms with E-state index in [2.05, 4.69) is 0 Å². The molecule has 1 nitrogen and oxygen atoms in total. The van der Waals surface area contributed by atoms with E-state index in [0.29, 0.717) is 0 Å². The molecule has 0 unspecified atom stereocenters. The Kier molecular flexibility index (Phi) is 2.59. The molecular formula is C10H12BN. The van der Waals surface area contributed by atoms with E-state index in [1.807, 2.05) is 32.1 Å². The number of nitrogens with two attached hydrogens (primary N) is 1. The average molecular weight is 157 g/mol. The minimum absolute atomic E-state index is 0.733. The number of benzene rings is 1. The molecule has 0 atom stereocenters. The van der Waals surface area contributed by atoms with Gasteiger partial charge in [-0.05, 0) is 25.5 Å². The predicted molar refractivity (Wildman–Crippen MR) is 55.7 cm³/mol. The summed E-state index contributed by atoms with van der Waals surface area (Å²) in [5.41, 5.74) is 9.33. The first-order chi connectivity index (χ1) is 5.65. The fourth-order valence-corrected chi connectivity index (χ4v) is 1.09. The molecule has 0 aliphatic heterocycles. The molecule has 1 aromatic rings. The Bertz CT molecular complexity index is 316. The van der Waals surface area contributed by atoms with Crippen molar-refractivity contribution in [3.05, 3.63) is 29.3 Å². The molecule has 1 rings (SSSR count). The third-order valence-electron chi connectivity index (χ3n) is 1.82. The van der Waals surface area contributed by atoms with Crippen LogP contribution in [-0.4, -0.2) is 7.85 Å². The third kappa shape index (κ3) is 1.70.